The lowest BCUT2D eigenvalue weighted by Crippen LogP contribution is -2.53. The number of unbranched alkanes of at least 4 members (excludes halogenated alkanes) is 2. The molecule has 0 aliphatic heterocycles. The summed E-state index contributed by atoms with van der Waals surface area (Å²) in [5, 5.41) is 2.88. The molecule has 0 saturated heterocycles. The first-order chi connectivity index (χ1) is 13.7. The van der Waals surface area contributed by atoms with E-state index >= 15 is 0 Å². The number of hydrogen-bond donors (Lipinski definition) is 1. The second-order valence-corrected chi connectivity index (χ2v) is 9.95. The molecule has 0 unspecified atom stereocenters. The molecule has 1 amide bonds. The molecule has 0 aliphatic carbocycles. The molecule has 0 rings (SSSR count). The molecule has 0 heterocycles. The lowest BCUT2D eigenvalue weighted by Gasteiger charge is -2.34. The maximum atomic E-state index is 12.4. The number of carbonyl (C=O) groups excluding carboxylic acids is 3. The number of amides is 1. The Labute approximate surface area is 182 Å². The van der Waals surface area contributed by atoms with Gasteiger partial charge >= 0.3 is 11.9 Å². The summed E-state index contributed by atoms with van der Waals surface area (Å²) in [7, 11) is 1.83. The maximum Gasteiger partial charge on any atom is 0.362 e. The van der Waals surface area contributed by atoms with Crippen molar-refractivity contribution in [3.63, 3.8) is 0 Å². The van der Waals surface area contributed by atoms with Crippen LogP contribution >= 0.6 is 0 Å². The van der Waals surface area contributed by atoms with Gasteiger partial charge in [-0.15, -0.1) is 12.3 Å². The van der Waals surface area contributed by atoms with Crippen molar-refractivity contribution in [2.24, 2.45) is 0 Å². The fourth-order valence-corrected chi connectivity index (χ4v) is 2.87. The molecule has 0 atom stereocenters. The highest BCUT2D eigenvalue weighted by molar-refractivity contribution is 5.75. The van der Waals surface area contributed by atoms with Gasteiger partial charge in [0.1, 0.15) is 11.2 Å². The van der Waals surface area contributed by atoms with Crippen molar-refractivity contribution in [1.82, 2.24) is 5.32 Å². The van der Waals surface area contributed by atoms with Crippen LogP contribution in [0.25, 0.3) is 0 Å². The van der Waals surface area contributed by atoms with Gasteiger partial charge in [0.2, 0.25) is 5.91 Å². The van der Waals surface area contributed by atoms with Gasteiger partial charge in [0.05, 0.1) is 13.6 Å². The van der Waals surface area contributed by atoms with Crippen LogP contribution in [-0.2, 0) is 23.9 Å². The smallest absolute Gasteiger partial charge is 0.362 e. The van der Waals surface area contributed by atoms with E-state index in [1.807, 2.05) is 48.6 Å². The number of hydrogen-bond acceptors (Lipinski definition) is 5. The van der Waals surface area contributed by atoms with Crippen molar-refractivity contribution in [2.75, 3.05) is 33.2 Å². The van der Waals surface area contributed by atoms with Crippen molar-refractivity contribution < 1.29 is 28.3 Å². The Bertz CT molecular complexity index is 579. The first-order valence-electron chi connectivity index (χ1n) is 10.6. The van der Waals surface area contributed by atoms with Crippen molar-refractivity contribution in [2.45, 2.75) is 84.8 Å². The van der Waals surface area contributed by atoms with Gasteiger partial charge in [0.15, 0.2) is 13.1 Å². The zero-order valence-electron chi connectivity index (χ0n) is 19.9. The van der Waals surface area contributed by atoms with Crippen molar-refractivity contribution in [1.29, 1.82) is 0 Å². The molecule has 7 heteroatoms. The van der Waals surface area contributed by atoms with Crippen molar-refractivity contribution in [3.8, 4) is 12.3 Å². The number of nitrogens with one attached hydrogen (secondary N) is 1. The van der Waals surface area contributed by atoms with Crippen LogP contribution in [0.5, 0.6) is 0 Å². The first-order valence-corrected chi connectivity index (χ1v) is 10.6. The molecular formula is C23H41N2O5+. The average molecular weight is 426 g/mol. The molecule has 1 N–H and O–H groups in total. The van der Waals surface area contributed by atoms with Crippen molar-refractivity contribution >= 4 is 17.8 Å². The summed E-state index contributed by atoms with van der Waals surface area (Å²) in [6.07, 6.45) is 8.56. The van der Waals surface area contributed by atoms with E-state index in [0.29, 0.717) is 32.4 Å². The molecule has 0 aromatic rings. The zero-order valence-corrected chi connectivity index (χ0v) is 19.9. The molecule has 0 saturated carbocycles. The molecule has 0 bridgehead atoms. The van der Waals surface area contributed by atoms with E-state index in [2.05, 4.69) is 11.2 Å². The summed E-state index contributed by atoms with van der Waals surface area (Å²) < 4.78 is 11.0. The summed E-state index contributed by atoms with van der Waals surface area (Å²) >= 11 is 0. The zero-order chi connectivity index (χ0) is 23.4. The number of rotatable bonds is 12. The van der Waals surface area contributed by atoms with Crippen LogP contribution in [0.15, 0.2) is 0 Å². The minimum absolute atomic E-state index is 0.0134. The monoisotopic (exact) mass is 425 g/mol. The largest absolute Gasteiger partial charge is 0.456 e. The van der Waals surface area contributed by atoms with Crippen LogP contribution in [0.2, 0.25) is 0 Å². The van der Waals surface area contributed by atoms with Gasteiger partial charge in [-0.2, -0.15) is 0 Å². The fraction of sp³-hybridized carbons (Fsp3) is 0.783. The molecule has 30 heavy (non-hydrogen) atoms. The third kappa shape index (κ3) is 15.8. The summed E-state index contributed by atoms with van der Waals surface area (Å²) in [6.45, 7) is 12.0. The highest BCUT2D eigenvalue weighted by Gasteiger charge is 2.33. The Morgan fingerprint density at radius 1 is 0.900 bits per heavy atom. The highest BCUT2D eigenvalue weighted by atomic mass is 16.6. The number of esters is 2. The van der Waals surface area contributed by atoms with Crippen molar-refractivity contribution in [3.05, 3.63) is 0 Å². The highest BCUT2D eigenvalue weighted by Crippen LogP contribution is 2.13. The Morgan fingerprint density at radius 2 is 1.40 bits per heavy atom. The van der Waals surface area contributed by atoms with Gasteiger partial charge in [-0.05, 0) is 54.4 Å². The molecule has 0 aromatic heterocycles. The molecule has 0 fully saturated rings. The number of likely N-dealkylation sites (N-methyl/N-ethyl adjacent to an activating group) is 1. The summed E-state index contributed by atoms with van der Waals surface area (Å²) in [5.41, 5.74) is -1.19. The predicted octanol–water partition coefficient (Wildman–Crippen LogP) is 2.82. The minimum atomic E-state index is -0.596. The van der Waals surface area contributed by atoms with Crippen LogP contribution in [0.1, 0.15) is 73.6 Å². The lowest BCUT2D eigenvalue weighted by atomic mass is 10.2. The first kappa shape index (κ1) is 27.9. The van der Waals surface area contributed by atoms with Gasteiger partial charge < -0.3 is 19.3 Å². The Morgan fingerprint density at radius 3 is 1.83 bits per heavy atom. The van der Waals surface area contributed by atoms with E-state index in [1.54, 1.807) is 0 Å². The topological polar surface area (TPSA) is 81.7 Å². The van der Waals surface area contributed by atoms with E-state index < -0.39 is 11.2 Å². The van der Waals surface area contributed by atoms with Crippen LogP contribution < -0.4 is 5.32 Å². The standard InChI is InChI=1S/C23H40N2O5/c1-9-10-11-12-14-19(26)24-15-13-16-25(8,17-20(27)29-22(2,3)4)18-21(28)30-23(5,6)7/h1H,10-18H2,2-8H3/p+1. The van der Waals surface area contributed by atoms with Gasteiger partial charge in [0, 0.05) is 25.8 Å². The van der Waals surface area contributed by atoms with Gasteiger partial charge in [-0.25, -0.2) is 9.59 Å². The van der Waals surface area contributed by atoms with E-state index in [-0.39, 0.29) is 35.4 Å². The van der Waals surface area contributed by atoms with E-state index in [0.717, 1.165) is 12.8 Å². The van der Waals surface area contributed by atoms with Crippen LogP contribution in [0.3, 0.4) is 0 Å². The third-order valence-corrected chi connectivity index (χ3v) is 4.03. The number of terminal acetylenes is 1. The molecule has 0 spiro atoms. The van der Waals surface area contributed by atoms with Crippen LogP contribution in [0.4, 0.5) is 0 Å². The van der Waals surface area contributed by atoms with E-state index in [4.69, 9.17) is 15.9 Å². The normalized spacial score (nSPS) is 12.1. The van der Waals surface area contributed by atoms with Crippen LogP contribution in [0, 0.1) is 12.3 Å². The van der Waals surface area contributed by atoms with E-state index in [9.17, 15) is 14.4 Å². The quantitative estimate of drug-likeness (QED) is 0.225. The van der Waals surface area contributed by atoms with Gasteiger partial charge in [-0.3, -0.25) is 4.79 Å². The van der Waals surface area contributed by atoms with E-state index in [1.165, 1.54) is 0 Å². The summed E-state index contributed by atoms with van der Waals surface area (Å²) in [4.78, 5) is 36.6. The molecule has 0 aromatic carbocycles. The predicted molar refractivity (Wildman–Crippen MR) is 117 cm³/mol. The summed E-state index contributed by atoms with van der Waals surface area (Å²) in [5.74, 6) is 1.81. The molecule has 7 nitrogen and oxygen atoms in total. The molecular weight excluding hydrogens is 384 g/mol. The Balaban J connectivity index is 4.76. The average Bonchev–Trinajstić information content (AvgIpc) is 2.51. The molecule has 0 aliphatic rings. The van der Waals surface area contributed by atoms with Gasteiger partial charge in [0.25, 0.3) is 0 Å². The maximum absolute atomic E-state index is 12.4. The third-order valence-electron chi connectivity index (χ3n) is 4.03. The van der Waals surface area contributed by atoms with Crippen LogP contribution in [-0.4, -0.2) is 66.8 Å². The summed E-state index contributed by atoms with van der Waals surface area (Å²) in [6, 6.07) is 0. The minimum Gasteiger partial charge on any atom is -0.456 e. The number of quaternary nitrogens is 1. The number of ether oxygens (including phenoxy) is 2. The lowest BCUT2D eigenvalue weighted by molar-refractivity contribution is -0.895. The SMILES string of the molecule is C#CCCCCC(=O)NCCC[N+](C)(CC(=O)OC(C)(C)C)CC(=O)OC(C)(C)C. The number of carbonyl (C=O) groups is 3. The fourth-order valence-electron chi connectivity index (χ4n) is 2.87. The Kier molecular flexibility index (Phi) is 11.7. The molecule has 172 valence electrons. The Hall–Kier alpha value is -2.07. The molecule has 0 radical (unpaired) electrons. The van der Waals surface area contributed by atoms with Gasteiger partial charge in [-0.1, -0.05) is 0 Å². The second-order valence-electron chi connectivity index (χ2n) is 9.95. The second kappa shape index (κ2) is 12.6. The number of nitrogens with zero attached hydrogens (tertiary/aromatic N) is 1.